The molecule has 23 heavy (non-hydrogen) atoms. The van der Waals surface area contributed by atoms with E-state index < -0.39 is 0 Å². The monoisotopic (exact) mass is 318 g/mol. The molecule has 0 aromatic carbocycles. The Kier molecular flexibility index (Phi) is 4.80. The van der Waals surface area contributed by atoms with Crippen LogP contribution in [0.4, 0.5) is 0 Å². The maximum absolute atomic E-state index is 12.7. The second-order valence-corrected chi connectivity index (χ2v) is 7.16. The van der Waals surface area contributed by atoms with E-state index in [-0.39, 0.29) is 11.5 Å². The quantitative estimate of drug-likeness (QED) is 0.910. The van der Waals surface area contributed by atoms with Crippen LogP contribution >= 0.6 is 0 Å². The minimum absolute atomic E-state index is 0.0832. The van der Waals surface area contributed by atoms with Crippen molar-refractivity contribution >= 4 is 5.91 Å². The summed E-state index contributed by atoms with van der Waals surface area (Å²) in [6, 6.07) is 3.26. The second kappa shape index (κ2) is 6.83. The summed E-state index contributed by atoms with van der Waals surface area (Å²) in [5, 5.41) is 6.24. The van der Waals surface area contributed by atoms with E-state index in [1.807, 2.05) is 4.90 Å². The van der Waals surface area contributed by atoms with E-state index in [1.165, 1.54) is 31.5 Å². The molecule has 1 aromatic rings. The molecule has 0 radical (unpaired) electrons. The van der Waals surface area contributed by atoms with Crippen LogP contribution in [0.2, 0.25) is 0 Å². The molecule has 6 heteroatoms. The summed E-state index contributed by atoms with van der Waals surface area (Å²) in [7, 11) is 0. The van der Waals surface area contributed by atoms with Crippen LogP contribution in [0.25, 0.3) is 0 Å². The molecule has 126 valence electrons. The van der Waals surface area contributed by atoms with Crippen molar-refractivity contribution in [1.82, 2.24) is 20.0 Å². The third kappa shape index (κ3) is 3.99. The molecule has 2 heterocycles. The zero-order valence-electron chi connectivity index (χ0n) is 14.0. The van der Waals surface area contributed by atoms with Gasteiger partial charge in [0, 0.05) is 38.3 Å². The predicted molar refractivity (Wildman–Crippen MR) is 88.3 cm³/mol. The lowest BCUT2D eigenvalue weighted by Gasteiger charge is -2.34. The summed E-state index contributed by atoms with van der Waals surface area (Å²) in [5.41, 5.74) is 0.0378. The maximum Gasteiger partial charge on any atom is 0.274 e. The molecule has 2 aliphatic rings. The average Bonchev–Trinajstić information content (AvgIpc) is 3.34. The SMILES string of the molecule is CC(C)C1CN(C(=O)c2ccc(=O)[nH]n2)CCCN1CC1CC1. The molecule has 1 aliphatic carbocycles. The third-order valence-corrected chi connectivity index (χ3v) is 4.89. The van der Waals surface area contributed by atoms with E-state index in [9.17, 15) is 9.59 Å². The molecule has 0 spiro atoms. The van der Waals surface area contributed by atoms with Crippen LogP contribution < -0.4 is 5.56 Å². The first-order valence-electron chi connectivity index (χ1n) is 8.63. The molecule has 6 nitrogen and oxygen atoms in total. The molecule has 0 bridgehead atoms. The largest absolute Gasteiger partial charge is 0.336 e. The Morgan fingerprint density at radius 3 is 2.74 bits per heavy atom. The molecule has 1 aliphatic heterocycles. The van der Waals surface area contributed by atoms with Crippen LogP contribution in [0.3, 0.4) is 0 Å². The Labute approximate surface area is 136 Å². The summed E-state index contributed by atoms with van der Waals surface area (Å²) >= 11 is 0. The Balaban J connectivity index is 1.73. The van der Waals surface area contributed by atoms with Crippen LogP contribution in [-0.2, 0) is 0 Å². The van der Waals surface area contributed by atoms with Crippen LogP contribution in [0.1, 0.15) is 43.6 Å². The average molecular weight is 318 g/mol. The topological polar surface area (TPSA) is 69.3 Å². The number of rotatable bonds is 4. The molecule has 3 rings (SSSR count). The van der Waals surface area contributed by atoms with Crippen molar-refractivity contribution in [2.75, 3.05) is 26.2 Å². The minimum Gasteiger partial charge on any atom is -0.336 e. The first kappa shape index (κ1) is 16.2. The zero-order chi connectivity index (χ0) is 16.4. The standard InChI is InChI=1S/C17H26N4O2/c1-12(2)15-11-21(9-3-8-20(15)10-13-4-5-13)17(23)14-6-7-16(22)19-18-14/h6-7,12-13,15H,3-5,8-11H2,1-2H3,(H,19,22). The molecule has 2 fully saturated rings. The highest BCUT2D eigenvalue weighted by atomic mass is 16.2. The molecule has 1 amide bonds. The van der Waals surface area contributed by atoms with Gasteiger partial charge >= 0.3 is 0 Å². The lowest BCUT2D eigenvalue weighted by molar-refractivity contribution is 0.0697. The fourth-order valence-electron chi connectivity index (χ4n) is 3.36. The Hall–Kier alpha value is -1.69. The number of aromatic amines is 1. The molecule has 1 atom stereocenters. The number of carbonyl (C=O) groups is 1. The Morgan fingerprint density at radius 2 is 2.13 bits per heavy atom. The van der Waals surface area contributed by atoms with Gasteiger partial charge in [-0.2, -0.15) is 5.10 Å². The van der Waals surface area contributed by atoms with Gasteiger partial charge in [0.15, 0.2) is 0 Å². The number of aromatic nitrogens is 2. The number of amides is 1. The van der Waals surface area contributed by atoms with Crippen molar-refractivity contribution in [3.63, 3.8) is 0 Å². The summed E-state index contributed by atoms with van der Waals surface area (Å²) in [6.45, 7) is 8.19. The summed E-state index contributed by atoms with van der Waals surface area (Å²) in [4.78, 5) is 28.3. The highest BCUT2D eigenvalue weighted by Gasteiger charge is 2.33. The first-order valence-corrected chi connectivity index (χ1v) is 8.63. The molecular formula is C17H26N4O2. The smallest absolute Gasteiger partial charge is 0.274 e. The van der Waals surface area contributed by atoms with Gasteiger partial charge < -0.3 is 4.90 Å². The zero-order valence-corrected chi connectivity index (χ0v) is 14.0. The highest BCUT2D eigenvalue weighted by Crippen LogP contribution is 2.31. The van der Waals surface area contributed by atoms with Crippen molar-refractivity contribution in [2.24, 2.45) is 11.8 Å². The predicted octanol–water partition coefficient (Wildman–Crippen LogP) is 1.35. The Bertz CT molecular complexity index is 588. The molecular weight excluding hydrogens is 292 g/mol. The van der Waals surface area contributed by atoms with Gasteiger partial charge in [0.25, 0.3) is 11.5 Å². The fourth-order valence-corrected chi connectivity index (χ4v) is 3.36. The highest BCUT2D eigenvalue weighted by molar-refractivity contribution is 5.92. The molecule has 1 saturated carbocycles. The van der Waals surface area contributed by atoms with Gasteiger partial charge in [0.2, 0.25) is 0 Å². The summed E-state index contributed by atoms with van der Waals surface area (Å²) in [5.74, 6) is 1.28. The first-order chi connectivity index (χ1) is 11.0. The van der Waals surface area contributed by atoms with Gasteiger partial charge in [0.1, 0.15) is 5.69 Å². The number of hydrogen-bond acceptors (Lipinski definition) is 4. The minimum atomic E-state index is -0.284. The van der Waals surface area contributed by atoms with Crippen molar-refractivity contribution < 1.29 is 4.79 Å². The van der Waals surface area contributed by atoms with E-state index in [2.05, 4.69) is 28.9 Å². The number of nitrogens with one attached hydrogen (secondary N) is 1. The molecule has 1 aromatic heterocycles. The van der Waals surface area contributed by atoms with E-state index in [0.29, 0.717) is 17.7 Å². The van der Waals surface area contributed by atoms with Crippen LogP contribution in [-0.4, -0.2) is 58.1 Å². The van der Waals surface area contributed by atoms with Gasteiger partial charge in [-0.05, 0) is 37.2 Å². The van der Waals surface area contributed by atoms with Crippen molar-refractivity contribution in [1.29, 1.82) is 0 Å². The fraction of sp³-hybridized carbons (Fsp3) is 0.706. The normalized spacial score (nSPS) is 23.1. The summed E-state index contributed by atoms with van der Waals surface area (Å²) in [6.07, 6.45) is 3.70. The molecule has 1 unspecified atom stereocenters. The lowest BCUT2D eigenvalue weighted by atomic mass is 10.0. The van der Waals surface area contributed by atoms with Gasteiger partial charge in [0.05, 0.1) is 0 Å². The van der Waals surface area contributed by atoms with Crippen molar-refractivity contribution in [2.45, 2.75) is 39.2 Å². The van der Waals surface area contributed by atoms with E-state index >= 15 is 0 Å². The lowest BCUT2D eigenvalue weighted by Crippen LogP contribution is -2.46. The maximum atomic E-state index is 12.7. The van der Waals surface area contributed by atoms with Crippen molar-refractivity contribution in [3.8, 4) is 0 Å². The van der Waals surface area contributed by atoms with Gasteiger partial charge in [-0.1, -0.05) is 13.8 Å². The number of nitrogens with zero attached hydrogens (tertiary/aromatic N) is 3. The number of H-pyrrole nitrogens is 1. The number of carbonyl (C=O) groups excluding carboxylic acids is 1. The van der Waals surface area contributed by atoms with Crippen LogP contribution in [0.15, 0.2) is 16.9 Å². The van der Waals surface area contributed by atoms with E-state index in [1.54, 1.807) is 0 Å². The van der Waals surface area contributed by atoms with Crippen LogP contribution in [0, 0.1) is 11.8 Å². The summed E-state index contributed by atoms with van der Waals surface area (Å²) < 4.78 is 0. The van der Waals surface area contributed by atoms with Gasteiger partial charge in [-0.3, -0.25) is 14.5 Å². The Morgan fingerprint density at radius 1 is 1.35 bits per heavy atom. The third-order valence-electron chi connectivity index (χ3n) is 4.89. The molecule has 1 saturated heterocycles. The van der Waals surface area contributed by atoms with E-state index in [4.69, 9.17) is 0 Å². The van der Waals surface area contributed by atoms with E-state index in [0.717, 1.165) is 32.0 Å². The molecule has 1 N–H and O–H groups in total. The van der Waals surface area contributed by atoms with Crippen molar-refractivity contribution in [3.05, 3.63) is 28.2 Å². The van der Waals surface area contributed by atoms with Gasteiger partial charge in [-0.25, -0.2) is 5.10 Å². The second-order valence-electron chi connectivity index (χ2n) is 7.16. The van der Waals surface area contributed by atoms with Gasteiger partial charge in [-0.15, -0.1) is 0 Å². The number of hydrogen-bond donors (Lipinski definition) is 1. The van der Waals surface area contributed by atoms with Crippen LogP contribution in [0.5, 0.6) is 0 Å².